The molecule has 1 saturated heterocycles. The Balaban J connectivity index is 1.53. The minimum atomic E-state index is -1.03. The average Bonchev–Trinajstić information content (AvgIpc) is 3.01. The van der Waals surface area contributed by atoms with E-state index in [1.165, 1.54) is 0 Å². The first-order valence-electron chi connectivity index (χ1n) is 6.41. The molecule has 3 rings (SSSR count). The Morgan fingerprint density at radius 1 is 1.55 bits per heavy atom. The highest BCUT2D eigenvalue weighted by Gasteiger charge is 2.24. The fourth-order valence-electron chi connectivity index (χ4n) is 2.27. The number of benzene rings is 1. The first kappa shape index (κ1) is 13.3. The molecule has 1 aliphatic heterocycles. The zero-order valence-corrected chi connectivity index (χ0v) is 11.6. The zero-order valence-electron chi connectivity index (χ0n) is 10.8. The number of thiazole rings is 1. The first-order chi connectivity index (χ1) is 9.70. The smallest absolute Gasteiger partial charge is 0.419 e. The van der Waals surface area contributed by atoms with Crippen molar-refractivity contribution in [2.75, 3.05) is 13.1 Å². The van der Waals surface area contributed by atoms with Crippen LogP contribution in [0.15, 0.2) is 24.3 Å². The van der Waals surface area contributed by atoms with Crippen molar-refractivity contribution >= 4 is 27.6 Å². The summed E-state index contributed by atoms with van der Waals surface area (Å²) in [7, 11) is 0. The molecule has 2 heterocycles. The molecule has 1 aromatic carbocycles. The summed E-state index contributed by atoms with van der Waals surface area (Å²) < 4.78 is 6.96. The molecule has 1 aromatic heterocycles. The number of nitrogens with zero attached hydrogens (tertiary/aromatic N) is 2. The molecule has 7 heteroatoms. The van der Waals surface area contributed by atoms with Crippen molar-refractivity contribution in [2.45, 2.75) is 19.1 Å². The van der Waals surface area contributed by atoms with Gasteiger partial charge in [-0.15, -0.1) is 11.3 Å². The maximum Gasteiger partial charge on any atom is 0.419 e. The van der Waals surface area contributed by atoms with Crippen LogP contribution in [-0.4, -0.2) is 40.4 Å². The summed E-state index contributed by atoms with van der Waals surface area (Å²) in [6.45, 7) is 1.74. The van der Waals surface area contributed by atoms with Crippen LogP contribution in [0.3, 0.4) is 0 Å². The van der Waals surface area contributed by atoms with Crippen LogP contribution in [0.25, 0.3) is 10.2 Å². The molecule has 0 bridgehead atoms. The number of amides is 1. The number of nitrogens with one attached hydrogen (secondary N) is 1. The third kappa shape index (κ3) is 3.06. The summed E-state index contributed by atoms with van der Waals surface area (Å²) >= 11 is 1.63. The Morgan fingerprint density at radius 2 is 2.40 bits per heavy atom. The second-order valence-corrected chi connectivity index (χ2v) is 5.78. The molecule has 106 valence electrons. The van der Waals surface area contributed by atoms with Crippen LogP contribution in [-0.2, 0) is 11.3 Å². The Morgan fingerprint density at radius 3 is 3.20 bits per heavy atom. The van der Waals surface area contributed by atoms with Crippen LogP contribution in [0.4, 0.5) is 4.79 Å². The number of hydrogen-bond acceptors (Lipinski definition) is 5. The van der Waals surface area contributed by atoms with E-state index in [9.17, 15) is 4.79 Å². The number of para-hydroxylation sites is 1. The van der Waals surface area contributed by atoms with E-state index >= 15 is 0 Å². The number of fused-ring (bicyclic) bond motifs is 1. The number of hydrazine groups is 1. The summed E-state index contributed by atoms with van der Waals surface area (Å²) in [5.41, 5.74) is 3.35. The van der Waals surface area contributed by atoms with Gasteiger partial charge in [0, 0.05) is 13.1 Å². The molecule has 1 aliphatic rings. The molecular weight excluding hydrogens is 278 g/mol. The SMILES string of the molecule is O=C(O)NN1CCC(OCc2nc3ccccc3s2)C1. The lowest BCUT2D eigenvalue weighted by molar-refractivity contribution is 0.0424. The molecule has 0 spiro atoms. The Bertz CT molecular complexity index is 583. The maximum atomic E-state index is 10.5. The van der Waals surface area contributed by atoms with Crippen molar-refractivity contribution < 1.29 is 14.6 Å². The average molecular weight is 293 g/mol. The fraction of sp³-hybridized carbons (Fsp3) is 0.385. The van der Waals surface area contributed by atoms with Crippen molar-refractivity contribution in [3.05, 3.63) is 29.3 Å². The predicted octanol–water partition coefficient (Wildman–Crippen LogP) is 2.07. The number of rotatable bonds is 4. The lowest BCUT2D eigenvalue weighted by atomic mass is 10.3. The van der Waals surface area contributed by atoms with Crippen LogP contribution in [0.1, 0.15) is 11.4 Å². The van der Waals surface area contributed by atoms with E-state index in [0.29, 0.717) is 19.7 Å². The minimum Gasteiger partial charge on any atom is -0.464 e. The van der Waals surface area contributed by atoms with Gasteiger partial charge in [0.25, 0.3) is 0 Å². The number of aromatic nitrogens is 1. The van der Waals surface area contributed by atoms with Crippen molar-refractivity contribution in [1.29, 1.82) is 0 Å². The normalized spacial score (nSPS) is 19.5. The van der Waals surface area contributed by atoms with Crippen molar-refractivity contribution in [3.8, 4) is 0 Å². The van der Waals surface area contributed by atoms with Gasteiger partial charge in [-0.05, 0) is 18.6 Å². The van der Waals surface area contributed by atoms with Crippen molar-refractivity contribution in [1.82, 2.24) is 15.4 Å². The highest BCUT2D eigenvalue weighted by atomic mass is 32.1. The summed E-state index contributed by atoms with van der Waals surface area (Å²) in [6.07, 6.45) is -0.156. The van der Waals surface area contributed by atoms with E-state index in [4.69, 9.17) is 9.84 Å². The Labute approximate surface area is 120 Å². The van der Waals surface area contributed by atoms with Gasteiger partial charge in [-0.3, -0.25) is 5.43 Å². The molecule has 1 fully saturated rings. The molecule has 2 aromatic rings. The lowest BCUT2D eigenvalue weighted by Crippen LogP contribution is -2.40. The van der Waals surface area contributed by atoms with Gasteiger partial charge in [0.2, 0.25) is 0 Å². The minimum absolute atomic E-state index is 0.0499. The summed E-state index contributed by atoms with van der Waals surface area (Å²) in [6, 6.07) is 8.00. The van der Waals surface area contributed by atoms with Gasteiger partial charge in [0.1, 0.15) is 5.01 Å². The second kappa shape index (κ2) is 5.74. The van der Waals surface area contributed by atoms with Crippen molar-refractivity contribution in [2.24, 2.45) is 0 Å². The third-order valence-electron chi connectivity index (χ3n) is 3.18. The van der Waals surface area contributed by atoms with Gasteiger partial charge in [0.15, 0.2) is 0 Å². The van der Waals surface area contributed by atoms with Gasteiger partial charge in [-0.2, -0.15) is 0 Å². The molecule has 1 atom stereocenters. The highest BCUT2D eigenvalue weighted by Crippen LogP contribution is 2.23. The predicted molar refractivity (Wildman–Crippen MR) is 75.5 cm³/mol. The standard InChI is InChI=1S/C13H15N3O3S/c17-13(18)15-16-6-5-9(7-16)19-8-12-14-10-3-1-2-4-11(10)20-12/h1-4,9,15H,5-8H2,(H,17,18). The monoisotopic (exact) mass is 293 g/mol. The summed E-state index contributed by atoms with van der Waals surface area (Å²) in [5.74, 6) is 0. The Hall–Kier alpha value is -1.70. The Kier molecular flexibility index (Phi) is 3.81. The molecular formula is C13H15N3O3S. The van der Waals surface area contributed by atoms with Gasteiger partial charge in [-0.1, -0.05) is 12.1 Å². The van der Waals surface area contributed by atoms with Crippen LogP contribution < -0.4 is 5.43 Å². The molecule has 6 nitrogen and oxygen atoms in total. The van der Waals surface area contributed by atoms with Crippen LogP contribution in [0.2, 0.25) is 0 Å². The van der Waals surface area contributed by atoms with Crippen molar-refractivity contribution in [3.63, 3.8) is 0 Å². The molecule has 1 amide bonds. The maximum absolute atomic E-state index is 10.5. The summed E-state index contributed by atoms with van der Waals surface area (Å²) in [5, 5.41) is 11.3. The van der Waals surface area contributed by atoms with Gasteiger partial charge in [-0.25, -0.2) is 14.8 Å². The van der Waals surface area contributed by atoms with E-state index in [-0.39, 0.29) is 6.10 Å². The molecule has 0 aliphatic carbocycles. The lowest BCUT2D eigenvalue weighted by Gasteiger charge is -2.14. The zero-order chi connectivity index (χ0) is 13.9. The largest absolute Gasteiger partial charge is 0.464 e. The fourth-order valence-corrected chi connectivity index (χ4v) is 3.16. The number of carbonyl (C=O) groups is 1. The van der Waals surface area contributed by atoms with Gasteiger partial charge >= 0.3 is 6.09 Å². The first-order valence-corrected chi connectivity index (χ1v) is 7.23. The molecule has 1 unspecified atom stereocenters. The summed E-state index contributed by atoms with van der Waals surface area (Å²) in [4.78, 5) is 15.1. The van der Waals surface area contributed by atoms with Crippen LogP contribution >= 0.6 is 11.3 Å². The topological polar surface area (TPSA) is 74.7 Å². The van der Waals surface area contributed by atoms with E-state index in [0.717, 1.165) is 21.6 Å². The number of hydrogen-bond donors (Lipinski definition) is 2. The number of ether oxygens (including phenoxy) is 1. The van der Waals surface area contributed by atoms with E-state index in [2.05, 4.69) is 10.4 Å². The van der Waals surface area contributed by atoms with Crippen LogP contribution in [0, 0.1) is 0 Å². The third-order valence-corrected chi connectivity index (χ3v) is 4.19. The molecule has 0 radical (unpaired) electrons. The second-order valence-electron chi connectivity index (χ2n) is 4.66. The van der Waals surface area contributed by atoms with Gasteiger partial charge in [0.05, 0.1) is 22.9 Å². The van der Waals surface area contributed by atoms with Crippen LogP contribution in [0.5, 0.6) is 0 Å². The highest BCUT2D eigenvalue weighted by molar-refractivity contribution is 7.18. The van der Waals surface area contributed by atoms with Gasteiger partial charge < -0.3 is 9.84 Å². The molecule has 2 N–H and O–H groups in total. The van der Waals surface area contributed by atoms with E-state index in [1.807, 2.05) is 24.3 Å². The molecule has 0 saturated carbocycles. The molecule has 20 heavy (non-hydrogen) atoms. The van der Waals surface area contributed by atoms with E-state index in [1.54, 1.807) is 16.3 Å². The van der Waals surface area contributed by atoms with E-state index < -0.39 is 6.09 Å². The number of carboxylic acid groups (broad SMARTS) is 1. The quantitative estimate of drug-likeness (QED) is 0.902.